The molecule has 0 aromatic heterocycles. The van der Waals surface area contributed by atoms with E-state index in [1.54, 1.807) is 18.2 Å². The Labute approximate surface area is 264 Å². The molecule has 0 unspecified atom stereocenters. The van der Waals surface area contributed by atoms with Crippen molar-refractivity contribution in [2.24, 2.45) is 4.99 Å². The summed E-state index contributed by atoms with van der Waals surface area (Å²) >= 11 is 16.5. The fourth-order valence-electron chi connectivity index (χ4n) is 5.42. The number of rotatable bonds is 10. The van der Waals surface area contributed by atoms with E-state index in [-0.39, 0.29) is 31.1 Å². The Kier molecular flexibility index (Phi) is 10.1. The van der Waals surface area contributed by atoms with Crippen LogP contribution in [0.4, 0.5) is 0 Å². The van der Waals surface area contributed by atoms with Crippen molar-refractivity contribution >= 4 is 50.9 Å². The lowest BCUT2D eigenvalue weighted by atomic mass is 9.81. The Morgan fingerprint density at radius 3 is 2.43 bits per heavy atom. The van der Waals surface area contributed by atoms with Gasteiger partial charge in [-0.3, -0.25) is 4.79 Å². The predicted molar refractivity (Wildman–Crippen MR) is 167 cm³/mol. The molecule has 3 N–H and O–H groups in total. The van der Waals surface area contributed by atoms with Crippen LogP contribution < -0.4 is 10.1 Å². The summed E-state index contributed by atoms with van der Waals surface area (Å²) in [6.07, 6.45) is 2.25. The molecule has 1 heterocycles. The average Bonchev–Trinajstić information content (AvgIpc) is 3.36. The number of halogens is 3. The summed E-state index contributed by atoms with van der Waals surface area (Å²) in [7, 11) is 0. The van der Waals surface area contributed by atoms with E-state index < -0.39 is 11.6 Å². The van der Waals surface area contributed by atoms with E-state index in [1.807, 2.05) is 48.5 Å². The van der Waals surface area contributed by atoms with E-state index in [0.29, 0.717) is 71.5 Å². The van der Waals surface area contributed by atoms with Gasteiger partial charge in [-0.05, 0) is 79.8 Å². The van der Waals surface area contributed by atoms with Gasteiger partial charge in [0.1, 0.15) is 5.75 Å². The summed E-state index contributed by atoms with van der Waals surface area (Å²) < 4.78 is 13.2. The monoisotopic (exact) mass is 674 g/mol. The minimum atomic E-state index is -1.38. The summed E-state index contributed by atoms with van der Waals surface area (Å²) in [6, 6.07) is 20.2. The number of carbonyl (C=O) groups is 1. The zero-order valence-corrected chi connectivity index (χ0v) is 26.0. The van der Waals surface area contributed by atoms with Gasteiger partial charge in [-0.25, -0.2) is 4.99 Å². The highest BCUT2D eigenvalue weighted by Crippen LogP contribution is 2.45. The Hall–Kier alpha value is -2.62. The molecule has 5 rings (SSSR count). The minimum Gasteiger partial charge on any atom is -0.494 e. The Bertz CT molecular complexity index is 1410. The molecule has 1 aliphatic carbocycles. The normalized spacial score (nSPS) is 23.6. The van der Waals surface area contributed by atoms with Crippen LogP contribution in [0.15, 0.2) is 76.2 Å². The third kappa shape index (κ3) is 7.12. The van der Waals surface area contributed by atoms with Crippen molar-refractivity contribution in [3.05, 3.63) is 97.9 Å². The molecule has 0 bridgehead atoms. The number of amides is 1. The summed E-state index contributed by atoms with van der Waals surface area (Å²) in [5, 5.41) is 23.2. The summed E-state index contributed by atoms with van der Waals surface area (Å²) in [5.74, 6) is 0.711. The lowest BCUT2D eigenvalue weighted by molar-refractivity contribution is -0.130. The van der Waals surface area contributed by atoms with E-state index >= 15 is 0 Å². The first-order valence-electron chi connectivity index (χ1n) is 14.1. The highest BCUT2D eigenvalue weighted by Gasteiger charge is 2.54. The predicted octanol–water partition coefficient (Wildman–Crippen LogP) is 6.44. The number of aliphatic imine (C=N–C) groups is 1. The van der Waals surface area contributed by atoms with Crippen LogP contribution in [0.5, 0.6) is 5.75 Å². The van der Waals surface area contributed by atoms with Crippen molar-refractivity contribution < 1.29 is 24.5 Å². The minimum absolute atomic E-state index is 0.0569. The first-order chi connectivity index (χ1) is 20.3. The molecule has 222 valence electrons. The first kappa shape index (κ1) is 30.8. The van der Waals surface area contributed by atoms with Crippen LogP contribution in [0.3, 0.4) is 0 Å². The van der Waals surface area contributed by atoms with E-state index in [4.69, 9.17) is 42.8 Å². The second-order valence-corrected chi connectivity index (χ2v) is 12.5. The number of benzene rings is 3. The number of aliphatic hydroxyl groups excluding tert-OH is 2. The third-order valence-corrected chi connectivity index (χ3v) is 8.78. The molecule has 2 aliphatic rings. The van der Waals surface area contributed by atoms with E-state index in [0.717, 1.165) is 10.0 Å². The van der Waals surface area contributed by atoms with Crippen molar-refractivity contribution in [1.82, 2.24) is 5.32 Å². The Morgan fingerprint density at radius 1 is 1.05 bits per heavy atom. The fourth-order valence-corrected chi connectivity index (χ4v) is 6.19. The summed E-state index contributed by atoms with van der Waals surface area (Å²) in [6.45, 7) is 0.459. The number of aliphatic hydroxyl groups is 2. The molecular weight excluding hydrogens is 643 g/mol. The highest BCUT2D eigenvalue weighted by atomic mass is 79.9. The lowest BCUT2D eigenvalue weighted by Gasteiger charge is -2.34. The highest BCUT2D eigenvalue weighted by molar-refractivity contribution is 9.10. The largest absolute Gasteiger partial charge is 0.494 e. The van der Waals surface area contributed by atoms with Crippen LogP contribution in [-0.4, -0.2) is 52.9 Å². The van der Waals surface area contributed by atoms with Crippen LogP contribution in [0, 0.1) is 0 Å². The maximum absolute atomic E-state index is 14.4. The lowest BCUT2D eigenvalue weighted by Crippen LogP contribution is -2.53. The van der Waals surface area contributed by atoms with Crippen LogP contribution in [0.25, 0.3) is 0 Å². The van der Waals surface area contributed by atoms with Crippen LogP contribution in [0.1, 0.15) is 54.9 Å². The molecule has 42 heavy (non-hydrogen) atoms. The van der Waals surface area contributed by atoms with Crippen molar-refractivity contribution in [3.63, 3.8) is 0 Å². The van der Waals surface area contributed by atoms with Gasteiger partial charge in [0.15, 0.2) is 11.6 Å². The van der Waals surface area contributed by atoms with Gasteiger partial charge in [-0.15, -0.1) is 0 Å². The van der Waals surface area contributed by atoms with Crippen molar-refractivity contribution in [3.8, 4) is 5.75 Å². The molecule has 1 amide bonds. The van der Waals surface area contributed by atoms with E-state index in [2.05, 4.69) is 21.2 Å². The summed E-state index contributed by atoms with van der Waals surface area (Å²) in [5.41, 5.74) is 0.817. The van der Waals surface area contributed by atoms with Crippen molar-refractivity contribution in [1.29, 1.82) is 0 Å². The number of hydrogen-bond acceptors (Lipinski definition) is 6. The standard InChI is InChI=1S/C32H33BrCl2N2O5/c33-22-6-2-20(3-7-22)19-32(31(40)36-24-9-11-25(39)12-10-24)29(27-15-8-23(34)18-28(27)35)42-30(37-32)21-4-13-26(14-5-21)41-17-1-16-38/h2-8,13-15,18,24-25,29,38-39H,1,9-12,16-17,19H2,(H,36,40)/t24?,25?,29-,32-/m1/s1. The number of nitrogens with one attached hydrogen (secondary N) is 1. The Balaban J connectivity index is 1.56. The summed E-state index contributed by atoms with van der Waals surface area (Å²) in [4.78, 5) is 19.5. The maximum Gasteiger partial charge on any atom is 0.252 e. The van der Waals surface area contributed by atoms with Crippen molar-refractivity contribution in [2.45, 2.75) is 62.3 Å². The van der Waals surface area contributed by atoms with E-state index in [1.165, 1.54) is 0 Å². The molecule has 10 heteroatoms. The number of carbonyl (C=O) groups excluding carboxylic acids is 1. The molecule has 0 spiro atoms. The topological polar surface area (TPSA) is 100 Å². The smallest absolute Gasteiger partial charge is 0.252 e. The van der Waals surface area contributed by atoms with Gasteiger partial charge < -0.3 is 25.0 Å². The molecule has 1 aliphatic heterocycles. The first-order valence-corrected chi connectivity index (χ1v) is 15.6. The van der Waals surface area contributed by atoms with Gasteiger partial charge in [0.05, 0.1) is 12.7 Å². The van der Waals surface area contributed by atoms with Gasteiger partial charge >= 0.3 is 0 Å². The SMILES string of the molecule is O=C(NC1CCC(O)CC1)[C@]1(Cc2ccc(Br)cc2)N=C(c2ccc(OCCCO)cc2)O[C@@H]1c1ccc(Cl)cc1Cl. The third-order valence-electron chi connectivity index (χ3n) is 7.69. The molecular formula is C32H33BrCl2N2O5. The second kappa shape index (κ2) is 13.8. The van der Waals surface area contributed by atoms with Crippen molar-refractivity contribution in [2.75, 3.05) is 13.2 Å². The molecule has 2 atom stereocenters. The number of hydrogen-bond donors (Lipinski definition) is 3. The zero-order chi connectivity index (χ0) is 29.7. The fraction of sp³-hybridized carbons (Fsp3) is 0.375. The van der Waals surface area contributed by atoms with Crippen LogP contribution in [-0.2, 0) is 16.0 Å². The van der Waals surface area contributed by atoms with Gasteiger partial charge in [-0.1, -0.05) is 57.3 Å². The van der Waals surface area contributed by atoms with Gasteiger partial charge in [0.2, 0.25) is 5.90 Å². The second-order valence-electron chi connectivity index (χ2n) is 10.7. The van der Waals surface area contributed by atoms with Gasteiger partial charge in [-0.2, -0.15) is 0 Å². The molecule has 1 saturated carbocycles. The number of ether oxygens (including phenoxy) is 2. The Morgan fingerprint density at radius 2 is 1.76 bits per heavy atom. The van der Waals surface area contributed by atoms with Gasteiger partial charge in [0.25, 0.3) is 5.91 Å². The zero-order valence-electron chi connectivity index (χ0n) is 22.9. The van der Waals surface area contributed by atoms with Crippen LogP contribution >= 0.6 is 39.1 Å². The van der Waals surface area contributed by atoms with E-state index in [9.17, 15) is 9.90 Å². The molecule has 3 aromatic rings. The number of nitrogens with zero attached hydrogens (tertiary/aromatic N) is 1. The quantitative estimate of drug-likeness (QED) is 0.215. The average molecular weight is 676 g/mol. The molecule has 1 fully saturated rings. The molecule has 7 nitrogen and oxygen atoms in total. The molecule has 0 radical (unpaired) electrons. The van der Waals surface area contributed by atoms with Gasteiger partial charge in [0, 0.05) is 51.1 Å². The van der Waals surface area contributed by atoms with Crippen LogP contribution in [0.2, 0.25) is 10.0 Å². The molecule has 3 aromatic carbocycles. The molecule has 0 saturated heterocycles. The maximum atomic E-state index is 14.4.